The number of methoxy groups -OCH3 is 1. The van der Waals surface area contributed by atoms with E-state index in [4.69, 9.17) is 21.1 Å². The van der Waals surface area contributed by atoms with E-state index in [0.717, 1.165) is 6.07 Å². The van der Waals surface area contributed by atoms with Gasteiger partial charge < -0.3 is 14.2 Å². The van der Waals surface area contributed by atoms with E-state index in [-0.39, 0.29) is 22.1 Å². The van der Waals surface area contributed by atoms with E-state index in [1.165, 1.54) is 44.5 Å². The minimum atomic E-state index is -4.33. The minimum Gasteiger partial charge on any atom is -0.493 e. The summed E-state index contributed by atoms with van der Waals surface area (Å²) in [5, 5.41) is 18.2. The number of hydrogen-bond donors (Lipinski definition) is 2. The van der Waals surface area contributed by atoms with Crippen LogP contribution in [0.3, 0.4) is 0 Å². The zero-order chi connectivity index (χ0) is 23.0. The molecule has 164 valence electrons. The summed E-state index contributed by atoms with van der Waals surface area (Å²) in [6.45, 7) is 5.56. The fraction of sp³-hybridized carbons (Fsp3) is 0.158. The molecule has 0 atom stereocenters. The fourth-order valence-corrected chi connectivity index (χ4v) is 3.41. The quantitative estimate of drug-likeness (QED) is 0.143. The maximum Gasteiger partial charge on any atom is 0.339 e. The lowest BCUT2D eigenvalue weighted by molar-refractivity contribution is -0.385. The zero-order valence-corrected chi connectivity index (χ0v) is 18.3. The summed E-state index contributed by atoms with van der Waals surface area (Å²) >= 11 is 5.01. The highest BCUT2D eigenvalue weighted by Crippen LogP contribution is 2.31. The predicted molar refractivity (Wildman–Crippen MR) is 120 cm³/mol. The van der Waals surface area contributed by atoms with Gasteiger partial charge in [0.2, 0.25) is 0 Å². The Morgan fingerprint density at radius 1 is 1.29 bits per heavy atom. The Labute approximate surface area is 184 Å². The summed E-state index contributed by atoms with van der Waals surface area (Å²) in [5.74, 6) is 0.0421. The molecule has 0 aromatic heterocycles. The molecule has 31 heavy (non-hydrogen) atoms. The Hall–Kier alpha value is -3.51. The molecule has 0 unspecified atom stereocenters. The summed E-state index contributed by atoms with van der Waals surface area (Å²) in [4.78, 5) is 10.1. The SMILES string of the molecule is C=CCNC(=S)N/N=C/c1ccc(OS(=O)(=O)c2ccc(C)c([N+](=O)[O-])c2)c(OC)c1. The summed E-state index contributed by atoms with van der Waals surface area (Å²) in [6, 6.07) is 7.97. The van der Waals surface area contributed by atoms with Crippen LogP contribution in [0.4, 0.5) is 5.69 Å². The number of nitrogens with zero attached hydrogens (tertiary/aromatic N) is 2. The second-order valence-electron chi connectivity index (χ2n) is 6.02. The highest BCUT2D eigenvalue weighted by Gasteiger charge is 2.23. The van der Waals surface area contributed by atoms with E-state index >= 15 is 0 Å². The van der Waals surface area contributed by atoms with Crippen LogP contribution in [-0.2, 0) is 10.1 Å². The van der Waals surface area contributed by atoms with E-state index in [1.54, 1.807) is 12.1 Å². The number of nitro groups is 1. The van der Waals surface area contributed by atoms with Crippen LogP contribution in [0, 0.1) is 17.0 Å². The maximum absolute atomic E-state index is 12.6. The van der Waals surface area contributed by atoms with Gasteiger partial charge in [-0.05, 0) is 49.0 Å². The monoisotopic (exact) mass is 464 g/mol. The van der Waals surface area contributed by atoms with Gasteiger partial charge in [-0.3, -0.25) is 15.5 Å². The molecule has 0 fully saturated rings. The third-order valence-corrected chi connectivity index (χ3v) is 5.31. The molecule has 0 radical (unpaired) electrons. The van der Waals surface area contributed by atoms with Crippen LogP contribution in [0.25, 0.3) is 0 Å². The molecule has 0 heterocycles. The molecular formula is C19H20N4O6S2. The molecule has 2 N–H and O–H groups in total. The number of thiocarbonyl (C=S) groups is 1. The van der Waals surface area contributed by atoms with Gasteiger partial charge in [0.1, 0.15) is 4.90 Å². The van der Waals surface area contributed by atoms with Gasteiger partial charge in [0.15, 0.2) is 16.6 Å². The number of nitrogens with one attached hydrogen (secondary N) is 2. The highest BCUT2D eigenvalue weighted by molar-refractivity contribution is 7.87. The topological polar surface area (TPSA) is 132 Å². The Morgan fingerprint density at radius 2 is 2.03 bits per heavy atom. The molecule has 2 rings (SSSR count). The van der Waals surface area contributed by atoms with E-state index < -0.39 is 15.0 Å². The summed E-state index contributed by atoms with van der Waals surface area (Å²) in [7, 11) is -2.99. The van der Waals surface area contributed by atoms with Gasteiger partial charge in [-0.2, -0.15) is 13.5 Å². The van der Waals surface area contributed by atoms with Crippen LogP contribution in [0.2, 0.25) is 0 Å². The Kier molecular flexibility index (Phi) is 8.05. The molecule has 10 nitrogen and oxygen atoms in total. The molecule has 2 aromatic rings. The standard InChI is InChI=1S/C19H20N4O6S2/c1-4-9-20-19(30)22-21-12-14-6-8-17(18(10-14)28-3)29-31(26,27)15-7-5-13(2)16(11-15)23(24)25/h4-8,10-12H,1,9H2,2-3H3,(H2,20,22,30)/b21-12+. The highest BCUT2D eigenvalue weighted by atomic mass is 32.2. The molecule has 0 amide bonds. The number of hydrogen-bond acceptors (Lipinski definition) is 8. The number of benzene rings is 2. The molecule has 0 aliphatic carbocycles. The van der Waals surface area contributed by atoms with Crippen molar-refractivity contribution in [3.63, 3.8) is 0 Å². The summed E-state index contributed by atoms with van der Waals surface area (Å²) in [6.07, 6.45) is 3.09. The van der Waals surface area contributed by atoms with Crippen molar-refractivity contribution in [2.24, 2.45) is 5.10 Å². The van der Waals surface area contributed by atoms with Crippen molar-refractivity contribution in [2.45, 2.75) is 11.8 Å². The number of rotatable bonds is 9. The lowest BCUT2D eigenvalue weighted by Gasteiger charge is -2.11. The number of hydrazone groups is 1. The first-order valence-corrected chi connectivity index (χ1v) is 10.5. The first-order valence-electron chi connectivity index (χ1n) is 8.73. The van der Waals surface area contributed by atoms with Crippen molar-refractivity contribution in [1.29, 1.82) is 0 Å². The first kappa shape index (κ1) is 23.8. The van der Waals surface area contributed by atoms with Crippen molar-refractivity contribution >= 4 is 39.4 Å². The van der Waals surface area contributed by atoms with Crippen LogP contribution in [-0.4, -0.2) is 38.3 Å². The molecule has 12 heteroatoms. The average molecular weight is 465 g/mol. The third-order valence-electron chi connectivity index (χ3n) is 3.84. The lowest BCUT2D eigenvalue weighted by Crippen LogP contribution is -2.31. The van der Waals surface area contributed by atoms with Crippen molar-refractivity contribution in [3.8, 4) is 11.5 Å². The van der Waals surface area contributed by atoms with E-state index in [1.807, 2.05) is 0 Å². The van der Waals surface area contributed by atoms with Crippen molar-refractivity contribution in [3.05, 3.63) is 70.3 Å². The molecule has 0 aliphatic heterocycles. The van der Waals surface area contributed by atoms with Crippen LogP contribution in [0.1, 0.15) is 11.1 Å². The Balaban J connectivity index is 2.21. The fourth-order valence-electron chi connectivity index (χ4n) is 2.31. The van der Waals surface area contributed by atoms with Crippen molar-refractivity contribution < 1.29 is 22.3 Å². The normalized spacial score (nSPS) is 11.0. The van der Waals surface area contributed by atoms with Gasteiger partial charge in [0, 0.05) is 18.2 Å². The lowest BCUT2D eigenvalue weighted by atomic mass is 10.2. The van der Waals surface area contributed by atoms with Gasteiger partial charge in [-0.15, -0.1) is 6.58 Å². The number of nitro benzene ring substituents is 1. The maximum atomic E-state index is 12.6. The van der Waals surface area contributed by atoms with Crippen LogP contribution in [0.15, 0.2) is 59.1 Å². The third kappa shape index (κ3) is 6.49. The predicted octanol–water partition coefficient (Wildman–Crippen LogP) is 2.66. The molecule has 0 saturated heterocycles. The first-order chi connectivity index (χ1) is 14.7. The summed E-state index contributed by atoms with van der Waals surface area (Å²) < 4.78 is 35.6. The van der Waals surface area contributed by atoms with Gasteiger partial charge in [0.25, 0.3) is 5.69 Å². The Morgan fingerprint density at radius 3 is 2.68 bits per heavy atom. The minimum absolute atomic E-state index is 0.0843. The van der Waals surface area contributed by atoms with E-state index in [9.17, 15) is 18.5 Å². The molecular weight excluding hydrogens is 444 g/mol. The van der Waals surface area contributed by atoms with Crippen LogP contribution >= 0.6 is 12.2 Å². The van der Waals surface area contributed by atoms with Gasteiger partial charge in [-0.1, -0.05) is 12.1 Å². The molecule has 0 aliphatic rings. The average Bonchev–Trinajstić information content (AvgIpc) is 2.72. The van der Waals surface area contributed by atoms with Crippen molar-refractivity contribution in [2.75, 3.05) is 13.7 Å². The molecule has 2 aromatic carbocycles. The van der Waals surface area contributed by atoms with E-state index in [2.05, 4.69) is 22.4 Å². The summed E-state index contributed by atoms with van der Waals surface area (Å²) in [5.41, 5.74) is 3.20. The second kappa shape index (κ2) is 10.5. The van der Waals surface area contributed by atoms with Gasteiger partial charge in [0.05, 0.1) is 18.2 Å². The number of aryl methyl sites for hydroxylation is 1. The number of ether oxygens (including phenoxy) is 1. The molecule has 0 bridgehead atoms. The second-order valence-corrected chi connectivity index (χ2v) is 7.98. The zero-order valence-electron chi connectivity index (χ0n) is 16.7. The smallest absolute Gasteiger partial charge is 0.339 e. The largest absolute Gasteiger partial charge is 0.493 e. The van der Waals surface area contributed by atoms with Crippen molar-refractivity contribution in [1.82, 2.24) is 10.7 Å². The Bertz CT molecular complexity index is 1130. The van der Waals surface area contributed by atoms with Gasteiger partial charge in [-0.25, -0.2) is 0 Å². The molecule has 0 spiro atoms. The van der Waals surface area contributed by atoms with E-state index in [0.29, 0.717) is 22.8 Å². The van der Waals surface area contributed by atoms with Gasteiger partial charge >= 0.3 is 10.1 Å². The van der Waals surface area contributed by atoms with Crippen LogP contribution in [0.5, 0.6) is 11.5 Å². The molecule has 0 saturated carbocycles. The van der Waals surface area contributed by atoms with Crippen LogP contribution < -0.4 is 19.7 Å².